The molecular formula is C13H7Cl2NOS. The number of hydrogen-bond acceptors (Lipinski definition) is 2. The van der Waals surface area contributed by atoms with Gasteiger partial charge in [-0.25, -0.2) is 0 Å². The fraction of sp³-hybridized carbons (Fsp3) is 0. The van der Waals surface area contributed by atoms with E-state index in [1.165, 1.54) is 11.3 Å². The smallest absolute Gasteiger partial charge is 0.206 e. The summed E-state index contributed by atoms with van der Waals surface area (Å²) in [7, 11) is 0. The summed E-state index contributed by atoms with van der Waals surface area (Å²) in [6.07, 6.45) is 1.69. The molecule has 0 spiro atoms. The fourth-order valence-electron chi connectivity index (χ4n) is 1.86. The maximum Gasteiger partial charge on any atom is 0.206 e. The number of aromatic amines is 1. The summed E-state index contributed by atoms with van der Waals surface area (Å²) in [5.41, 5.74) is 1.46. The van der Waals surface area contributed by atoms with Crippen molar-refractivity contribution in [2.45, 2.75) is 0 Å². The zero-order chi connectivity index (χ0) is 12.7. The quantitative estimate of drug-likeness (QED) is 0.679. The van der Waals surface area contributed by atoms with E-state index in [0.717, 1.165) is 10.9 Å². The molecule has 1 N–H and O–H groups in total. The standard InChI is InChI=1S/C13H7Cl2NOS/c14-7-1-2-8-9(6-16-11(8)5-7)12(17)13-10(15)3-4-18-13/h1-6,16H. The second-order valence-electron chi connectivity index (χ2n) is 3.82. The second kappa shape index (κ2) is 4.43. The molecule has 0 saturated carbocycles. The topological polar surface area (TPSA) is 32.9 Å². The Morgan fingerprint density at radius 2 is 2.06 bits per heavy atom. The van der Waals surface area contributed by atoms with Gasteiger partial charge in [0.25, 0.3) is 0 Å². The molecule has 0 radical (unpaired) electrons. The van der Waals surface area contributed by atoms with E-state index >= 15 is 0 Å². The summed E-state index contributed by atoms with van der Waals surface area (Å²) in [6, 6.07) is 7.13. The molecule has 3 rings (SSSR count). The highest BCUT2D eigenvalue weighted by Crippen LogP contribution is 2.29. The zero-order valence-corrected chi connectivity index (χ0v) is 11.4. The number of fused-ring (bicyclic) bond motifs is 1. The monoisotopic (exact) mass is 295 g/mol. The molecule has 5 heteroatoms. The van der Waals surface area contributed by atoms with E-state index < -0.39 is 0 Å². The third kappa shape index (κ3) is 1.85. The van der Waals surface area contributed by atoms with Crippen LogP contribution in [0, 0.1) is 0 Å². The van der Waals surface area contributed by atoms with Crippen LogP contribution in [-0.4, -0.2) is 10.8 Å². The van der Waals surface area contributed by atoms with Gasteiger partial charge in [-0.15, -0.1) is 11.3 Å². The number of halogens is 2. The van der Waals surface area contributed by atoms with Crippen LogP contribution in [-0.2, 0) is 0 Å². The molecule has 2 heterocycles. The highest BCUT2D eigenvalue weighted by atomic mass is 35.5. The van der Waals surface area contributed by atoms with Gasteiger partial charge in [0.2, 0.25) is 5.78 Å². The van der Waals surface area contributed by atoms with Crippen LogP contribution in [0.5, 0.6) is 0 Å². The zero-order valence-electron chi connectivity index (χ0n) is 9.04. The van der Waals surface area contributed by atoms with Crippen LogP contribution < -0.4 is 0 Å². The van der Waals surface area contributed by atoms with E-state index in [-0.39, 0.29) is 5.78 Å². The maximum absolute atomic E-state index is 12.4. The lowest BCUT2D eigenvalue weighted by molar-refractivity contribution is 0.104. The van der Waals surface area contributed by atoms with Gasteiger partial charge in [0.05, 0.1) is 9.90 Å². The summed E-state index contributed by atoms with van der Waals surface area (Å²) >= 11 is 13.2. The van der Waals surface area contributed by atoms with Gasteiger partial charge in [0.1, 0.15) is 0 Å². The molecule has 0 bridgehead atoms. The predicted molar refractivity (Wildman–Crippen MR) is 76.1 cm³/mol. The number of ketones is 1. The number of rotatable bonds is 2. The fourth-order valence-corrected chi connectivity index (χ4v) is 3.13. The Balaban J connectivity index is 2.16. The van der Waals surface area contributed by atoms with E-state index in [4.69, 9.17) is 23.2 Å². The Hall–Kier alpha value is -1.29. The number of benzene rings is 1. The Morgan fingerprint density at radius 1 is 1.22 bits per heavy atom. The third-order valence-electron chi connectivity index (χ3n) is 2.71. The van der Waals surface area contributed by atoms with E-state index in [2.05, 4.69) is 4.98 Å². The Morgan fingerprint density at radius 3 is 2.78 bits per heavy atom. The first kappa shape index (κ1) is 11.8. The van der Waals surface area contributed by atoms with Crippen molar-refractivity contribution in [3.8, 4) is 0 Å². The second-order valence-corrected chi connectivity index (χ2v) is 5.58. The highest BCUT2D eigenvalue weighted by Gasteiger charge is 2.17. The van der Waals surface area contributed by atoms with Crippen molar-refractivity contribution in [2.24, 2.45) is 0 Å². The number of hydrogen-bond donors (Lipinski definition) is 1. The van der Waals surface area contributed by atoms with Crippen molar-refractivity contribution in [1.82, 2.24) is 4.98 Å². The largest absolute Gasteiger partial charge is 0.360 e. The van der Waals surface area contributed by atoms with Crippen molar-refractivity contribution in [3.05, 3.63) is 56.3 Å². The van der Waals surface area contributed by atoms with Gasteiger partial charge < -0.3 is 4.98 Å². The average Bonchev–Trinajstić information content (AvgIpc) is 2.94. The number of carbonyl (C=O) groups excluding carboxylic acids is 1. The molecule has 1 aromatic carbocycles. The van der Waals surface area contributed by atoms with Gasteiger partial charge in [-0.1, -0.05) is 29.3 Å². The predicted octanol–water partition coefficient (Wildman–Crippen LogP) is 4.77. The number of aromatic nitrogens is 1. The summed E-state index contributed by atoms with van der Waals surface area (Å²) in [6.45, 7) is 0. The van der Waals surface area contributed by atoms with Crippen molar-refractivity contribution >= 4 is 51.2 Å². The molecule has 0 aliphatic rings. The molecule has 0 unspecified atom stereocenters. The SMILES string of the molecule is O=C(c1sccc1Cl)c1c[nH]c2cc(Cl)ccc12. The van der Waals surface area contributed by atoms with Crippen molar-refractivity contribution in [1.29, 1.82) is 0 Å². The molecule has 2 nitrogen and oxygen atoms in total. The minimum absolute atomic E-state index is 0.0661. The first-order valence-corrected chi connectivity index (χ1v) is 6.84. The molecule has 90 valence electrons. The lowest BCUT2D eigenvalue weighted by Gasteiger charge is -1.97. The van der Waals surface area contributed by atoms with E-state index in [1.54, 1.807) is 29.8 Å². The van der Waals surface area contributed by atoms with E-state index in [0.29, 0.717) is 20.5 Å². The van der Waals surface area contributed by atoms with E-state index in [1.807, 2.05) is 6.07 Å². The summed E-state index contributed by atoms with van der Waals surface area (Å²) in [5.74, 6) is -0.0661. The average molecular weight is 296 g/mol. The van der Waals surface area contributed by atoms with Gasteiger partial charge in [0.15, 0.2) is 0 Å². The Bertz CT molecular complexity index is 744. The molecular weight excluding hydrogens is 289 g/mol. The lowest BCUT2D eigenvalue weighted by Crippen LogP contribution is -1.97. The first-order valence-electron chi connectivity index (χ1n) is 5.21. The van der Waals surface area contributed by atoms with Gasteiger partial charge in [-0.05, 0) is 23.6 Å². The Labute approximate surface area is 117 Å². The van der Waals surface area contributed by atoms with Crippen LogP contribution in [0.25, 0.3) is 10.9 Å². The molecule has 3 aromatic rings. The van der Waals surface area contributed by atoms with Crippen LogP contribution >= 0.6 is 34.5 Å². The van der Waals surface area contributed by atoms with Crippen molar-refractivity contribution < 1.29 is 4.79 Å². The maximum atomic E-state index is 12.4. The van der Waals surface area contributed by atoms with E-state index in [9.17, 15) is 4.79 Å². The molecule has 0 atom stereocenters. The molecule has 0 saturated heterocycles. The van der Waals surface area contributed by atoms with Gasteiger partial charge >= 0.3 is 0 Å². The van der Waals surface area contributed by atoms with Gasteiger partial charge in [-0.2, -0.15) is 0 Å². The first-order chi connectivity index (χ1) is 8.66. The molecule has 18 heavy (non-hydrogen) atoms. The number of thiophene rings is 1. The number of carbonyl (C=O) groups is 1. The van der Waals surface area contributed by atoms with Gasteiger partial charge in [-0.3, -0.25) is 4.79 Å². The normalized spacial score (nSPS) is 11.0. The van der Waals surface area contributed by atoms with Gasteiger partial charge in [0, 0.05) is 27.7 Å². The van der Waals surface area contributed by atoms with Crippen LogP contribution in [0.4, 0.5) is 0 Å². The molecule has 0 aliphatic carbocycles. The summed E-state index contributed by atoms with van der Waals surface area (Å²) in [5, 5.41) is 3.79. The lowest BCUT2D eigenvalue weighted by atomic mass is 10.1. The molecule has 0 amide bonds. The highest BCUT2D eigenvalue weighted by molar-refractivity contribution is 7.13. The molecule has 0 aliphatic heterocycles. The third-order valence-corrected chi connectivity index (χ3v) is 4.29. The summed E-state index contributed by atoms with van der Waals surface area (Å²) in [4.78, 5) is 16.0. The number of nitrogens with one attached hydrogen (secondary N) is 1. The van der Waals surface area contributed by atoms with Crippen molar-refractivity contribution in [2.75, 3.05) is 0 Å². The van der Waals surface area contributed by atoms with Crippen molar-refractivity contribution in [3.63, 3.8) is 0 Å². The minimum Gasteiger partial charge on any atom is -0.360 e. The molecule has 0 fully saturated rings. The molecule has 2 aromatic heterocycles. The number of H-pyrrole nitrogens is 1. The van der Waals surface area contributed by atoms with Crippen LogP contribution in [0.15, 0.2) is 35.8 Å². The van der Waals surface area contributed by atoms with Crippen LogP contribution in [0.1, 0.15) is 15.2 Å². The minimum atomic E-state index is -0.0661. The summed E-state index contributed by atoms with van der Waals surface area (Å²) < 4.78 is 0. The van der Waals surface area contributed by atoms with Crippen LogP contribution in [0.2, 0.25) is 10.0 Å². The Kier molecular flexibility index (Phi) is 2.90. The van der Waals surface area contributed by atoms with Crippen LogP contribution in [0.3, 0.4) is 0 Å².